The van der Waals surface area contributed by atoms with Crippen LogP contribution >= 0.6 is 75.8 Å². The lowest BCUT2D eigenvalue weighted by molar-refractivity contribution is -0.291. The van der Waals surface area contributed by atoms with Gasteiger partial charge in [0, 0.05) is 17.3 Å². The predicted molar refractivity (Wildman–Crippen MR) is 164 cm³/mol. The average molecular weight is 695 g/mol. The van der Waals surface area contributed by atoms with Crippen LogP contribution in [0, 0.1) is 0 Å². The van der Waals surface area contributed by atoms with E-state index in [-0.39, 0.29) is 17.3 Å². The Morgan fingerprint density at radius 2 is 0.825 bits per heavy atom. The molecule has 3 rings (SSSR count). The molecule has 0 aromatic rings. The summed E-state index contributed by atoms with van der Waals surface area (Å²) in [5.74, 6) is 1.48. The van der Waals surface area contributed by atoms with Crippen molar-refractivity contribution in [3.63, 3.8) is 0 Å². The number of thiol groups is 6. The zero-order valence-corrected chi connectivity index (χ0v) is 26.6. The topological polar surface area (TPSA) is 219 Å². The van der Waals surface area contributed by atoms with Gasteiger partial charge in [-0.05, 0) is 12.2 Å². The van der Waals surface area contributed by atoms with Gasteiger partial charge in [0.25, 0.3) is 0 Å². The smallest absolute Gasteiger partial charge is 0.186 e. The normalized spacial score (nSPS) is 45.5. The first-order valence-corrected chi connectivity index (χ1v) is 15.8. The Balaban J connectivity index is 0.000000305. The first-order valence-electron chi connectivity index (χ1n) is 12.3. The van der Waals surface area contributed by atoms with E-state index in [1.165, 1.54) is 0 Å². The van der Waals surface area contributed by atoms with Gasteiger partial charge in [0.15, 0.2) is 6.29 Å². The molecule has 3 aliphatic heterocycles. The number of aliphatic hydroxyl groups excluding tert-OH is 9. The highest BCUT2D eigenvalue weighted by molar-refractivity contribution is 7.81. The fourth-order valence-electron chi connectivity index (χ4n) is 3.63. The van der Waals surface area contributed by atoms with E-state index >= 15 is 0 Å². The third-order valence-corrected chi connectivity index (χ3v) is 8.42. The van der Waals surface area contributed by atoms with Crippen molar-refractivity contribution in [3.05, 3.63) is 0 Å². The molecule has 0 aromatic carbocycles. The van der Waals surface area contributed by atoms with Crippen LogP contribution in [0.25, 0.3) is 0 Å². The molecule has 3 fully saturated rings. The molecule has 0 aromatic heterocycles. The number of rotatable bonds is 7. The summed E-state index contributed by atoms with van der Waals surface area (Å²) in [5.41, 5.74) is -1.53. The van der Waals surface area contributed by atoms with Crippen LogP contribution in [0.3, 0.4) is 0 Å². The Morgan fingerprint density at radius 3 is 1.18 bits per heavy atom. The standard InChI is InChI=1S/C9H18O5S2.2C6H12O4S2/c10-6-5(4-16)14-9(8(12)7(6)11)13-2-1-3-15;2*7-3-2(1-11)10-6(12)5(9)4(3)8/h5-12,15-16H,1-4H2;2*2-9,11-12H,1H2/t5?,6-,7?,8-,9+;2?,3-,4?,5+,6+;2?,3-,4?,5-,6-/m010/s1. The third-order valence-electron chi connectivity index (χ3n) is 6.17. The van der Waals surface area contributed by atoms with E-state index in [4.69, 9.17) is 18.9 Å². The lowest BCUT2D eigenvalue weighted by Gasteiger charge is -2.39. The van der Waals surface area contributed by atoms with E-state index in [0.29, 0.717) is 12.4 Å². The molecule has 40 heavy (non-hydrogen) atoms. The molecule has 0 aliphatic carbocycles. The molecule has 15 atom stereocenters. The maximum absolute atomic E-state index is 9.62. The SMILES string of the molecule is OC1[C@@H](O)C(CS)O[C@@H](OCCCS)[C@H]1O.OC1[C@@H](O)C(CS)O[C@@H](S)[C@H]1O.OC1[C@H](O)C(CS)O[C@@H](S)[C@H]1O. The molecule has 0 radical (unpaired) electrons. The molecular formula is C21H42O13S6. The Hall–Kier alpha value is 1.58. The van der Waals surface area contributed by atoms with Crippen molar-refractivity contribution in [1.29, 1.82) is 0 Å². The fraction of sp³-hybridized carbons (Fsp3) is 1.00. The van der Waals surface area contributed by atoms with Gasteiger partial charge >= 0.3 is 0 Å². The van der Waals surface area contributed by atoms with Crippen LogP contribution in [0.2, 0.25) is 0 Å². The van der Waals surface area contributed by atoms with Gasteiger partial charge in [-0.15, -0.1) is 25.3 Å². The van der Waals surface area contributed by atoms with E-state index in [2.05, 4.69) is 75.8 Å². The first-order chi connectivity index (χ1) is 18.8. The zero-order valence-electron chi connectivity index (χ0n) is 21.2. The molecule has 240 valence electrons. The van der Waals surface area contributed by atoms with Gasteiger partial charge in [-0.25, -0.2) is 0 Å². The summed E-state index contributed by atoms with van der Waals surface area (Å²) in [5, 5.41) is 84.2. The lowest BCUT2D eigenvalue weighted by atomic mass is 10.00. The summed E-state index contributed by atoms with van der Waals surface area (Å²) >= 11 is 23.6. The van der Waals surface area contributed by atoms with Gasteiger partial charge in [0.2, 0.25) is 0 Å². The van der Waals surface area contributed by atoms with E-state index in [1.807, 2.05) is 0 Å². The molecule has 0 spiro atoms. The molecule has 13 nitrogen and oxygen atoms in total. The van der Waals surface area contributed by atoms with Crippen LogP contribution in [0.4, 0.5) is 0 Å². The first kappa shape index (κ1) is 39.6. The summed E-state index contributed by atoms with van der Waals surface area (Å²) in [6, 6.07) is 0. The maximum atomic E-state index is 9.62. The molecule has 6 unspecified atom stereocenters. The Morgan fingerprint density at radius 1 is 0.475 bits per heavy atom. The zero-order chi connectivity index (χ0) is 30.7. The molecular weight excluding hydrogens is 653 g/mol. The van der Waals surface area contributed by atoms with Gasteiger partial charge in [0.1, 0.15) is 65.8 Å². The van der Waals surface area contributed by atoms with Crippen LogP contribution in [-0.2, 0) is 18.9 Å². The molecule has 3 aliphatic rings. The molecule has 9 N–H and O–H groups in total. The minimum absolute atomic E-state index is 0.247. The Labute approximate surface area is 266 Å². The summed E-state index contributed by atoms with van der Waals surface area (Å²) in [6.07, 6.45) is -12.6. The molecule has 0 amide bonds. The van der Waals surface area contributed by atoms with Crippen molar-refractivity contribution < 1.29 is 64.9 Å². The van der Waals surface area contributed by atoms with Crippen molar-refractivity contribution in [2.45, 2.75) is 96.8 Å². The fourth-order valence-corrected chi connectivity index (χ4v) is 5.33. The molecule has 0 saturated carbocycles. The summed E-state index contributed by atoms with van der Waals surface area (Å²) in [7, 11) is 0. The highest BCUT2D eigenvalue weighted by Crippen LogP contribution is 2.25. The second-order valence-corrected chi connectivity index (χ2v) is 11.6. The van der Waals surface area contributed by atoms with Crippen LogP contribution < -0.4 is 0 Å². The van der Waals surface area contributed by atoms with E-state index in [9.17, 15) is 46.0 Å². The van der Waals surface area contributed by atoms with Crippen molar-refractivity contribution in [2.75, 3.05) is 29.6 Å². The maximum Gasteiger partial charge on any atom is 0.186 e. The van der Waals surface area contributed by atoms with Crippen LogP contribution in [0.15, 0.2) is 0 Å². The van der Waals surface area contributed by atoms with Crippen LogP contribution in [-0.4, -0.2) is 166 Å². The summed E-state index contributed by atoms with van der Waals surface area (Å²) < 4.78 is 20.7. The number of hydrogen-bond acceptors (Lipinski definition) is 19. The third kappa shape index (κ3) is 11.2. The monoisotopic (exact) mass is 694 g/mol. The molecule has 3 heterocycles. The highest BCUT2D eigenvalue weighted by atomic mass is 32.1. The Bertz CT molecular complexity index is 647. The molecule has 3 saturated heterocycles. The Kier molecular flexibility index (Phi) is 19.7. The summed E-state index contributed by atoms with van der Waals surface area (Å²) in [6.45, 7) is 0.382. The second kappa shape index (κ2) is 19.9. The second-order valence-electron chi connectivity index (χ2n) is 9.08. The highest BCUT2D eigenvalue weighted by Gasteiger charge is 2.44. The number of hydrogen-bond donors (Lipinski definition) is 15. The number of ether oxygens (including phenoxy) is 4. The van der Waals surface area contributed by atoms with Crippen molar-refractivity contribution >= 4 is 75.8 Å². The van der Waals surface area contributed by atoms with Crippen molar-refractivity contribution in [3.8, 4) is 0 Å². The van der Waals surface area contributed by atoms with Gasteiger partial charge in [-0.3, -0.25) is 0 Å². The minimum atomic E-state index is -1.27. The van der Waals surface area contributed by atoms with E-state index in [1.54, 1.807) is 0 Å². The quantitative estimate of drug-likeness (QED) is 0.0916. The number of aliphatic hydroxyl groups is 9. The average Bonchev–Trinajstić information content (AvgIpc) is 2.95. The summed E-state index contributed by atoms with van der Waals surface area (Å²) in [4.78, 5) is 0. The van der Waals surface area contributed by atoms with Crippen molar-refractivity contribution in [2.24, 2.45) is 0 Å². The van der Waals surface area contributed by atoms with Gasteiger partial charge in [-0.1, -0.05) is 0 Å². The minimum Gasteiger partial charge on any atom is -0.388 e. The van der Waals surface area contributed by atoms with E-state index in [0.717, 1.165) is 6.42 Å². The molecule has 19 heteroatoms. The van der Waals surface area contributed by atoms with Crippen LogP contribution in [0.1, 0.15) is 6.42 Å². The van der Waals surface area contributed by atoms with Gasteiger partial charge in [-0.2, -0.15) is 50.5 Å². The largest absolute Gasteiger partial charge is 0.388 e. The molecule has 0 bridgehead atoms. The van der Waals surface area contributed by atoms with Crippen LogP contribution in [0.5, 0.6) is 0 Å². The van der Waals surface area contributed by atoms with Gasteiger partial charge in [0.05, 0.1) is 24.9 Å². The van der Waals surface area contributed by atoms with Gasteiger partial charge < -0.3 is 64.9 Å². The lowest BCUT2D eigenvalue weighted by Crippen LogP contribution is -2.58. The predicted octanol–water partition coefficient (Wildman–Crippen LogP) is -3.63. The van der Waals surface area contributed by atoms with Crippen molar-refractivity contribution in [1.82, 2.24) is 0 Å². The van der Waals surface area contributed by atoms with E-state index < -0.39 is 90.4 Å².